The first-order chi connectivity index (χ1) is 11.7. The number of hydrogen-bond acceptors (Lipinski definition) is 3. The molecular weight excluding hydrogens is 318 g/mol. The average molecular weight is 341 g/mol. The van der Waals surface area contributed by atoms with E-state index in [4.69, 9.17) is 0 Å². The Morgan fingerprint density at radius 1 is 1.29 bits per heavy atom. The fraction of sp³-hybridized carbons (Fsp3) is 0.333. The van der Waals surface area contributed by atoms with Gasteiger partial charge in [-0.15, -0.1) is 0 Å². The molecule has 3 rings (SSSR count). The lowest BCUT2D eigenvalue weighted by Crippen LogP contribution is -2.39. The van der Waals surface area contributed by atoms with Crippen molar-refractivity contribution in [1.29, 1.82) is 0 Å². The Bertz CT molecular complexity index is 819. The van der Waals surface area contributed by atoms with E-state index in [1.54, 1.807) is 18.4 Å². The Morgan fingerprint density at radius 3 is 2.83 bits per heavy atom. The monoisotopic (exact) mass is 341 g/mol. The lowest BCUT2D eigenvalue weighted by Gasteiger charge is -2.15. The van der Waals surface area contributed by atoms with Crippen LogP contribution in [0.25, 0.3) is 11.0 Å². The maximum absolute atomic E-state index is 4.67. The number of imidazole rings is 1. The number of hydrogen-bond donors (Lipinski definition) is 2. The first-order valence-electron chi connectivity index (χ1n) is 8.06. The molecule has 0 spiro atoms. The number of nitrogens with one attached hydrogen (secondary N) is 2. The van der Waals surface area contributed by atoms with Gasteiger partial charge in [0.25, 0.3) is 0 Å². The summed E-state index contributed by atoms with van der Waals surface area (Å²) < 4.78 is 2.11. The summed E-state index contributed by atoms with van der Waals surface area (Å²) in [5, 5.41) is 11.0. The van der Waals surface area contributed by atoms with Crippen LogP contribution in [-0.2, 0) is 13.6 Å². The van der Waals surface area contributed by atoms with Crippen molar-refractivity contribution in [3.63, 3.8) is 0 Å². The summed E-state index contributed by atoms with van der Waals surface area (Å²) in [5.41, 5.74) is 3.52. The zero-order chi connectivity index (χ0) is 16.9. The maximum atomic E-state index is 4.67. The Labute approximate surface area is 146 Å². The summed E-state index contributed by atoms with van der Waals surface area (Å²) in [4.78, 5) is 8.97. The number of aryl methyl sites for hydroxylation is 1. The highest BCUT2D eigenvalue weighted by Gasteiger charge is 2.09. The standard InChI is InChI=1S/C18H23N5S/c1-13(14-8-9-24-12-14)10-20-18(19-2)21-11-17-22-15-6-4-5-7-16(15)23(17)3/h4-9,12-13H,10-11H2,1-3H3,(H2,19,20,21). The lowest BCUT2D eigenvalue weighted by atomic mass is 10.1. The molecule has 2 heterocycles. The van der Waals surface area contributed by atoms with E-state index in [0.29, 0.717) is 12.5 Å². The third-order valence-electron chi connectivity index (χ3n) is 4.21. The third kappa shape index (κ3) is 3.59. The van der Waals surface area contributed by atoms with Crippen LogP contribution in [0, 0.1) is 0 Å². The SMILES string of the molecule is CN=C(NCc1nc2ccccc2n1C)NCC(C)c1ccsc1. The first-order valence-corrected chi connectivity index (χ1v) is 9.00. The topological polar surface area (TPSA) is 54.2 Å². The smallest absolute Gasteiger partial charge is 0.191 e. The molecule has 1 unspecified atom stereocenters. The van der Waals surface area contributed by atoms with Gasteiger partial charge in [0.05, 0.1) is 17.6 Å². The van der Waals surface area contributed by atoms with E-state index >= 15 is 0 Å². The van der Waals surface area contributed by atoms with Crippen molar-refractivity contribution in [3.8, 4) is 0 Å². The Balaban J connectivity index is 1.58. The second-order valence-corrected chi connectivity index (χ2v) is 6.62. The number of guanidine groups is 1. The highest BCUT2D eigenvalue weighted by molar-refractivity contribution is 7.07. The van der Waals surface area contributed by atoms with Gasteiger partial charge in [0.1, 0.15) is 5.82 Å². The molecule has 6 heteroatoms. The first kappa shape index (κ1) is 16.5. The van der Waals surface area contributed by atoms with Crippen molar-refractivity contribution < 1.29 is 0 Å². The van der Waals surface area contributed by atoms with Crippen LogP contribution in [0.15, 0.2) is 46.1 Å². The number of benzene rings is 1. The molecule has 2 aromatic heterocycles. The van der Waals surface area contributed by atoms with E-state index in [-0.39, 0.29) is 0 Å². The van der Waals surface area contributed by atoms with Crippen LogP contribution in [0.2, 0.25) is 0 Å². The van der Waals surface area contributed by atoms with Gasteiger partial charge in [0.15, 0.2) is 5.96 Å². The maximum Gasteiger partial charge on any atom is 0.191 e. The Hall–Kier alpha value is -2.34. The molecule has 1 aromatic carbocycles. The zero-order valence-electron chi connectivity index (χ0n) is 14.3. The largest absolute Gasteiger partial charge is 0.356 e. The van der Waals surface area contributed by atoms with Crippen molar-refractivity contribution >= 4 is 28.3 Å². The Morgan fingerprint density at radius 2 is 2.12 bits per heavy atom. The molecule has 1 atom stereocenters. The molecule has 0 radical (unpaired) electrons. The summed E-state index contributed by atoms with van der Waals surface area (Å²) >= 11 is 1.73. The van der Waals surface area contributed by atoms with Crippen molar-refractivity contribution in [1.82, 2.24) is 20.2 Å². The van der Waals surface area contributed by atoms with Gasteiger partial charge in [-0.05, 0) is 40.4 Å². The van der Waals surface area contributed by atoms with E-state index in [1.165, 1.54) is 5.56 Å². The normalized spacial score (nSPS) is 13.2. The lowest BCUT2D eigenvalue weighted by molar-refractivity contribution is 0.688. The highest BCUT2D eigenvalue weighted by Crippen LogP contribution is 2.17. The molecule has 126 valence electrons. The van der Waals surface area contributed by atoms with Gasteiger partial charge >= 0.3 is 0 Å². The molecule has 0 aliphatic rings. The third-order valence-corrected chi connectivity index (χ3v) is 4.91. The van der Waals surface area contributed by atoms with Gasteiger partial charge in [0.2, 0.25) is 0 Å². The number of aromatic nitrogens is 2. The second kappa shape index (κ2) is 7.49. The molecule has 2 N–H and O–H groups in total. The quantitative estimate of drug-likeness (QED) is 0.554. The van der Waals surface area contributed by atoms with Gasteiger partial charge < -0.3 is 15.2 Å². The minimum atomic E-state index is 0.450. The van der Waals surface area contributed by atoms with Crippen LogP contribution in [0.3, 0.4) is 0 Å². The van der Waals surface area contributed by atoms with Crippen LogP contribution in [-0.4, -0.2) is 29.1 Å². The molecule has 0 saturated heterocycles. The molecule has 0 bridgehead atoms. The van der Waals surface area contributed by atoms with E-state index < -0.39 is 0 Å². The molecule has 0 fully saturated rings. The summed E-state index contributed by atoms with van der Waals surface area (Å²) in [6.07, 6.45) is 0. The van der Waals surface area contributed by atoms with Gasteiger partial charge in [0, 0.05) is 20.6 Å². The second-order valence-electron chi connectivity index (χ2n) is 5.84. The van der Waals surface area contributed by atoms with Gasteiger partial charge in [-0.1, -0.05) is 19.1 Å². The molecule has 0 saturated carbocycles. The highest BCUT2D eigenvalue weighted by atomic mass is 32.1. The number of aliphatic imine (C=N–C) groups is 1. The van der Waals surface area contributed by atoms with Gasteiger partial charge in [-0.3, -0.25) is 4.99 Å². The molecule has 0 aliphatic heterocycles. The van der Waals surface area contributed by atoms with Gasteiger partial charge in [-0.2, -0.15) is 11.3 Å². The fourth-order valence-corrected chi connectivity index (χ4v) is 3.44. The van der Waals surface area contributed by atoms with Crippen molar-refractivity contribution in [2.45, 2.75) is 19.4 Å². The van der Waals surface area contributed by atoms with Crippen molar-refractivity contribution in [3.05, 3.63) is 52.5 Å². The summed E-state index contributed by atoms with van der Waals surface area (Å²) in [5.74, 6) is 2.24. The van der Waals surface area contributed by atoms with Crippen LogP contribution < -0.4 is 10.6 Å². The average Bonchev–Trinajstić information content (AvgIpc) is 3.24. The predicted molar refractivity (Wildman–Crippen MR) is 102 cm³/mol. The van der Waals surface area contributed by atoms with Crippen molar-refractivity contribution in [2.24, 2.45) is 12.0 Å². The summed E-state index contributed by atoms with van der Waals surface area (Å²) in [7, 11) is 3.83. The van der Waals surface area contributed by atoms with E-state index in [2.05, 4.69) is 55.0 Å². The molecule has 5 nitrogen and oxygen atoms in total. The van der Waals surface area contributed by atoms with E-state index in [0.717, 1.165) is 29.4 Å². The number of thiophene rings is 1. The van der Waals surface area contributed by atoms with Crippen molar-refractivity contribution in [2.75, 3.05) is 13.6 Å². The minimum Gasteiger partial charge on any atom is -0.356 e. The van der Waals surface area contributed by atoms with E-state index in [9.17, 15) is 0 Å². The van der Waals surface area contributed by atoms with Crippen LogP contribution >= 0.6 is 11.3 Å². The number of nitrogens with zero attached hydrogens (tertiary/aromatic N) is 3. The van der Waals surface area contributed by atoms with Crippen LogP contribution in [0.1, 0.15) is 24.2 Å². The molecule has 24 heavy (non-hydrogen) atoms. The van der Waals surface area contributed by atoms with Crippen LogP contribution in [0.4, 0.5) is 0 Å². The van der Waals surface area contributed by atoms with E-state index in [1.807, 2.05) is 25.2 Å². The minimum absolute atomic E-state index is 0.450. The number of para-hydroxylation sites is 2. The van der Waals surface area contributed by atoms with Gasteiger partial charge in [-0.25, -0.2) is 4.98 Å². The zero-order valence-corrected chi connectivity index (χ0v) is 15.1. The molecular formula is C18H23N5S. The summed E-state index contributed by atoms with van der Waals surface area (Å²) in [6.45, 7) is 3.70. The molecule has 3 aromatic rings. The fourth-order valence-electron chi connectivity index (χ4n) is 2.66. The summed E-state index contributed by atoms with van der Waals surface area (Å²) in [6, 6.07) is 10.3. The number of fused-ring (bicyclic) bond motifs is 1. The number of rotatable bonds is 5. The Kier molecular flexibility index (Phi) is 5.15. The molecule has 0 aliphatic carbocycles. The predicted octanol–water partition coefficient (Wildman–Crippen LogP) is 3.10. The van der Waals surface area contributed by atoms with Crippen LogP contribution in [0.5, 0.6) is 0 Å². The molecule has 0 amide bonds.